The van der Waals surface area contributed by atoms with Crippen molar-refractivity contribution in [3.8, 4) is 11.1 Å². The predicted molar refractivity (Wildman–Crippen MR) is 78.4 cm³/mol. The summed E-state index contributed by atoms with van der Waals surface area (Å²) >= 11 is 0. The Bertz CT molecular complexity index is 754. The Morgan fingerprint density at radius 1 is 1.05 bits per heavy atom. The fraction of sp³-hybridized carbons (Fsp3) is 0.118. The highest BCUT2D eigenvalue weighted by atomic mass is 16.1. The largest absolute Gasteiger partial charge is 0.350 e. The quantitative estimate of drug-likeness (QED) is 0.628. The molecule has 0 aliphatic carbocycles. The smallest absolute Gasteiger partial charge is 0.159 e. The number of aryl methyl sites for hydroxylation is 1. The zero-order valence-electron chi connectivity index (χ0n) is 11.1. The molecule has 0 fully saturated rings. The minimum absolute atomic E-state index is 0.101. The highest BCUT2D eigenvalue weighted by Gasteiger charge is 2.10. The van der Waals surface area contributed by atoms with Crippen LogP contribution < -0.4 is 0 Å². The lowest BCUT2D eigenvalue weighted by molar-refractivity contribution is 0.101. The number of ketones is 1. The zero-order valence-corrected chi connectivity index (χ0v) is 11.1. The van der Waals surface area contributed by atoms with Gasteiger partial charge in [-0.1, -0.05) is 42.5 Å². The van der Waals surface area contributed by atoms with E-state index in [0.717, 1.165) is 11.1 Å². The van der Waals surface area contributed by atoms with E-state index in [0.29, 0.717) is 0 Å². The maximum absolute atomic E-state index is 11.5. The number of carbonyl (C=O) groups is 1. The first kappa shape index (κ1) is 11.7. The minimum Gasteiger partial charge on any atom is -0.350 e. The molecule has 2 aromatic carbocycles. The van der Waals surface area contributed by atoms with Crippen molar-refractivity contribution in [1.29, 1.82) is 0 Å². The molecule has 0 bridgehead atoms. The Morgan fingerprint density at radius 2 is 1.79 bits per heavy atom. The van der Waals surface area contributed by atoms with Gasteiger partial charge in [-0.3, -0.25) is 4.79 Å². The minimum atomic E-state index is 0.101. The van der Waals surface area contributed by atoms with Gasteiger partial charge in [0.1, 0.15) is 0 Å². The van der Waals surface area contributed by atoms with Gasteiger partial charge in [0, 0.05) is 35.3 Å². The van der Waals surface area contributed by atoms with Gasteiger partial charge in [0.2, 0.25) is 0 Å². The van der Waals surface area contributed by atoms with Crippen molar-refractivity contribution in [3.05, 3.63) is 60.3 Å². The summed E-state index contributed by atoms with van der Waals surface area (Å²) in [5.74, 6) is 0.101. The van der Waals surface area contributed by atoms with Crippen LogP contribution in [0, 0.1) is 0 Å². The summed E-state index contributed by atoms with van der Waals surface area (Å²) in [6.07, 6.45) is 2.11. The molecule has 94 valence electrons. The first-order valence-corrected chi connectivity index (χ1v) is 6.32. The number of fused-ring (bicyclic) bond motifs is 1. The number of aromatic nitrogens is 1. The topological polar surface area (TPSA) is 22.0 Å². The molecule has 3 aromatic rings. The summed E-state index contributed by atoms with van der Waals surface area (Å²) in [4.78, 5) is 11.5. The van der Waals surface area contributed by atoms with E-state index in [4.69, 9.17) is 0 Å². The van der Waals surface area contributed by atoms with Crippen LogP contribution in [-0.4, -0.2) is 10.4 Å². The third-order valence-corrected chi connectivity index (χ3v) is 3.48. The summed E-state index contributed by atoms with van der Waals surface area (Å²) in [5.41, 5.74) is 4.25. The van der Waals surface area contributed by atoms with Gasteiger partial charge >= 0.3 is 0 Å². The standard InChI is InChI=1S/C17H15NO/c1-12(19)14-8-9-15-16(11-18(2)17(15)10-14)13-6-4-3-5-7-13/h3-11H,1-2H3. The van der Waals surface area contributed by atoms with Gasteiger partial charge in [0.05, 0.1) is 0 Å². The molecular formula is C17H15NO. The molecule has 0 N–H and O–H groups in total. The number of Topliss-reactive ketones (excluding diaryl/α,β-unsaturated/α-hetero) is 1. The lowest BCUT2D eigenvalue weighted by atomic mass is 10.0. The number of rotatable bonds is 2. The fourth-order valence-corrected chi connectivity index (χ4v) is 2.45. The van der Waals surface area contributed by atoms with Crippen LogP contribution in [0.25, 0.3) is 22.0 Å². The van der Waals surface area contributed by atoms with E-state index < -0.39 is 0 Å². The first-order chi connectivity index (χ1) is 9.16. The van der Waals surface area contributed by atoms with Crippen molar-refractivity contribution >= 4 is 16.7 Å². The van der Waals surface area contributed by atoms with E-state index in [-0.39, 0.29) is 5.78 Å². The van der Waals surface area contributed by atoms with E-state index in [9.17, 15) is 4.79 Å². The van der Waals surface area contributed by atoms with Crippen molar-refractivity contribution in [2.24, 2.45) is 7.05 Å². The number of nitrogens with zero attached hydrogens (tertiary/aromatic N) is 1. The molecule has 0 amide bonds. The first-order valence-electron chi connectivity index (χ1n) is 6.32. The monoisotopic (exact) mass is 249 g/mol. The molecule has 3 rings (SSSR count). The van der Waals surface area contributed by atoms with Crippen molar-refractivity contribution in [2.45, 2.75) is 6.92 Å². The van der Waals surface area contributed by atoms with E-state index in [1.807, 2.05) is 43.4 Å². The molecule has 2 nitrogen and oxygen atoms in total. The fourth-order valence-electron chi connectivity index (χ4n) is 2.45. The lowest BCUT2D eigenvalue weighted by Gasteiger charge is -2.00. The van der Waals surface area contributed by atoms with Crippen molar-refractivity contribution in [2.75, 3.05) is 0 Å². The normalized spacial score (nSPS) is 10.8. The van der Waals surface area contributed by atoms with Crippen LogP contribution in [0.1, 0.15) is 17.3 Å². The summed E-state index contributed by atoms with van der Waals surface area (Å²) in [5, 5.41) is 1.18. The van der Waals surface area contributed by atoms with Gasteiger partial charge < -0.3 is 4.57 Å². The summed E-state index contributed by atoms with van der Waals surface area (Å²) in [6.45, 7) is 1.60. The molecule has 2 heteroatoms. The molecule has 0 unspecified atom stereocenters. The van der Waals surface area contributed by atoms with Crippen molar-refractivity contribution in [1.82, 2.24) is 4.57 Å². The van der Waals surface area contributed by atoms with Gasteiger partial charge in [0.15, 0.2) is 5.78 Å². The Kier molecular flexibility index (Phi) is 2.71. The molecule has 0 spiro atoms. The van der Waals surface area contributed by atoms with E-state index in [1.54, 1.807) is 6.92 Å². The third-order valence-electron chi connectivity index (χ3n) is 3.48. The molecule has 1 aromatic heterocycles. The lowest BCUT2D eigenvalue weighted by Crippen LogP contribution is -1.92. The van der Waals surface area contributed by atoms with Gasteiger partial charge in [-0.05, 0) is 18.6 Å². The van der Waals surface area contributed by atoms with Crippen LogP contribution in [-0.2, 0) is 7.05 Å². The van der Waals surface area contributed by atoms with Crippen molar-refractivity contribution < 1.29 is 4.79 Å². The summed E-state index contributed by atoms with van der Waals surface area (Å²) < 4.78 is 2.07. The van der Waals surface area contributed by atoms with Crippen LogP contribution in [0.2, 0.25) is 0 Å². The summed E-state index contributed by atoms with van der Waals surface area (Å²) in [6, 6.07) is 16.2. The average Bonchev–Trinajstić information content (AvgIpc) is 2.77. The average molecular weight is 249 g/mol. The SMILES string of the molecule is CC(=O)c1ccc2c(-c3ccccc3)cn(C)c2c1. The Hall–Kier alpha value is -2.35. The number of hydrogen-bond donors (Lipinski definition) is 0. The predicted octanol–water partition coefficient (Wildman–Crippen LogP) is 4.05. The maximum atomic E-state index is 11.5. The Labute approximate surface area is 112 Å². The second kappa shape index (κ2) is 4.39. The van der Waals surface area contributed by atoms with Gasteiger partial charge in [-0.2, -0.15) is 0 Å². The molecule has 1 heterocycles. The van der Waals surface area contributed by atoms with Crippen LogP contribution >= 0.6 is 0 Å². The van der Waals surface area contributed by atoms with E-state index in [1.165, 1.54) is 16.5 Å². The van der Waals surface area contributed by atoms with Gasteiger partial charge in [-0.25, -0.2) is 0 Å². The van der Waals surface area contributed by atoms with E-state index >= 15 is 0 Å². The van der Waals surface area contributed by atoms with Gasteiger partial charge in [-0.15, -0.1) is 0 Å². The third kappa shape index (κ3) is 1.95. The van der Waals surface area contributed by atoms with Crippen LogP contribution in [0.15, 0.2) is 54.7 Å². The molecule has 0 saturated carbocycles. The zero-order chi connectivity index (χ0) is 13.4. The maximum Gasteiger partial charge on any atom is 0.159 e. The second-order valence-corrected chi connectivity index (χ2v) is 4.81. The molecular weight excluding hydrogens is 234 g/mol. The highest BCUT2D eigenvalue weighted by Crippen LogP contribution is 2.30. The van der Waals surface area contributed by atoms with E-state index in [2.05, 4.69) is 22.9 Å². The van der Waals surface area contributed by atoms with Crippen LogP contribution in [0.5, 0.6) is 0 Å². The molecule has 19 heavy (non-hydrogen) atoms. The molecule has 0 saturated heterocycles. The number of carbonyl (C=O) groups excluding carboxylic acids is 1. The van der Waals surface area contributed by atoms with Gasteiger partial charge in [0.25, 0.3) is 0 Å². The summed E-state index contributed by atoms with van der Waals surface area (Å²) in [7, 11) is 2.01. The second-order valence-electron chi connectivity index (χ2n) is 4.81. The highest BCUT2D eigenvalue weighted by molar-refractivity contribution is 6.02. The molecule has 0 aliphatic rings. The molecule has 0 atom stereocenters. The molecule has 0 aliphatic heterocycles. The number of hydrogen-bond acceptors (Lipinski definition) is 1. The van der Waals surface area contributed by atoms with Crippen LogP contribution in [0.4, 0.5) is 0 Å². The number of benzene rings is 2. The van der Waals surface area contributed by atoms with Crippen molar-refractivity contribution in [3.63, 3.8) is 0 Å². The van der Waals surface area contributed by atoms with Crippen LogP contribution in [0.3, 0.4) is 0 Å². The Morgan fingerprint density at radius 3 is 2.47 bits per heavy atom. The molecule has 0 radical (unpaired) electrons. The Balaban J connectivity index is 2.26.